The van der Waals surface area contributed by atoms with E-state index in [1.165, 1.54) is 4.88 Å². The fourth-order valence-corrected chi connectivity index (χ4v) is 5.81. The van der Waals surface area contributed by atoms with Gasteiger partial charge in [-0.25, -0.2) is 4.79 Å². The molecule has 0 aliphatic heterocycles. The molecule has 0 unspecified atom stereocenters. The summed E-state index contributed by atoms with van der Waals surface area (Å²) in [6.07, 6.45) is 4.00. The summed E-state index contributed by atoms with van der Waals surface area (Å²) < 4.78 is 6.57. The fourth-order valence-electron chi connectivity index (χ4n) is 3.77. The summed E-state index contributed by atoms with van der Waals surface area (Å²) >= 11 is 10.8. The van der Waals surface area contributed by atoms with Gasteiger partial charge in [0.1, 0.15) is 5.00 Å². The molecule has 4 nitrogen and oxygen atoms in total. The van der Waals surface area contributed by atoms with Crippen molar-refractivity contribution in [2.24, 2.45) is 0 Å². The molecule has 7 heteroatoms. The third-order valence-corrected chi connectivity index (χ3v) is 7.17. The predicted octanol–water partition coefficient (Wildman–Crippen LogP) is 6.92. The van der Waals surface area contributed by atoms with Crippen LogP contribution in [0.25, 0.3) is 10.8 Å². The van der Waals surface area contributed by atoms with Crippen molar-refractivity contribution in [2.45, 2.75) is 45.6 Å². The Labute approximate surface area is 194 Å². The Balaban J connectivity index is 1.62. The highest BCUT2D eigenvalue weighted by atomic mass is 79.9. The van der Waals surface area contributed by atoms with Gasteiger partial charge >= 0.3 is 5.97 Å². The standard InChI is InChI=1S/C23H23BrN2O2S2/c1-13(2)28-22(27)20-16-9-5-6-10-19(16)30-21(20)26-23(29)25-18-12-11-17(24)14-7-3-4-8-15(14)18/h3-4,7-8,11-13H,5-6,9-10H2,1-2H3,(H2,25,26,29). The molecule has 0 fully saturated rings. The molecular weight excluding hydrogens is 480 g/mol. The smallest absolute Gasteiger partial charge is 0.341 e. The Bertz CT molecular complexity index is 1120. The van der Waals surface area contributed by atoms with Crippen molar-refractivity contribution in [2.75, 3.05) is 10.6 Å². The van der Waals surface area contributed by atoms with E-state index in [4.69, 9.17) is 17.0 Å². The van der Waals surface area contributed by atoms with E-state index in [1.54, 1.807) is 11.3 Å². The van der Waals surface area contributed by atoms with Gasteiger partial charge in [0.25, 0.3) is 0 Å². The minimum Gasteiger partial charge on any atom is -0.459 e. The second-order valence-corrected chi connectivity index (χ2v) is 9.96. The molecule has 2 N–H and O–H groups in total. The largest absolute Gasteiger partial charge is 0.459 e. The van der Waals surface area contributed by atoms with Gasteiger partial charge in [0.2, 0.25) is 0 Å². The average molecular weight is 503 g/mol. The summed E-state index contributed by atoms with van der Waals surface area (Å²) in [4.78, 5) is 14.1. The minimum atomic E-state index is -0.274. The first kappa shape index (κ1) is 21.3. The lowest BCUT2D eigenvalue weighted by Gasteiger charge is -2.15. The van der Waals surface area contributed by atoms with Crippen molar-refractivity contribution in [1.29, 1.82) is 0 Å². The second kappa shape index (κ2) is 9.04. The topological polar surface area (TPSA) is 50.4 Å². The molecule has 1 aliphatic rings. The third-order valence-electron chi connectivity index (χ3n) is 5.06. The van der Waals surface area contributed by atoms with Crippen LogP contribution in [-0.4, -0.2) is 17.2 Å². The van der Waals surface area contributed by atoms with Crippen LogP contribution in [-0.2, 0) is 17.6 Å². The number of thiocarbonyl (C=S) groups is 1. The number of aryl methyl sites for hydroxylation is 1. The number of carbonyl (C=O) groups excluding carboxylic acids is 1. The Morgan fingerprint density at radius 2 is 1.83 bits per heavy atom. The van der Waals surface area contributed by atoms with E-state index in [2.05, 4.69) is 38.7 Å². The maximum atomic E-state index is 12.8. The van der Waals surface area contributed by atoms with Gasteiger partial charge in [0, 0.05) is 20.4 Å². The number of carbonyl (C=O) groups is 1. The van der Waals surface area contributed by atoms with Gasteiger partial charge in [-0.1, -0.05) is 40.2 Å². The SMILES string of the molecule is CC(C)OC(=O)c1c(NC(=S)Nc2ccc(Br)c3ccccc23)sc2c1CCCC2. The summed E-state index contributed by atoms with van der Waals surface area (Å²) in [5, 5.41) is 9.99. The lowest BCUT2D eigenvalue weighted by Crippen LogP contribution is -2.21. The first-order valence-corrected chi connectivity index (χ1v) is 12.1. The van der Waals surface area contributed by atoms with Crippen LogP contribution in [0, 0.1) is 0 Å². The molecule has 0 saturated heterocycles. The van der Waals surface area contributed by atoms with Crippen LogP contribution >= 0.6 is 39.5 Å². The molecule has 1 aromatic heterocycles. The van der Waals surface area contributed by atoms with Gasteiger partial charge < -0.3 is 15.4 Å². The molecular formula is C23H23BrN2O2S2. The summed E-state index contributed by atoms with van der Waals surface area (Å²) in [5.74, 6) is -0.274. The summed E-state index contributed by atoms with van der Waals surface area (Å²) in [5.41, 5.74) is 2.68. The van der Waals surface area contributed by atoms with Crippen LogP contribution in [0.1, 0.15) is 47.5 Å². The van der Waals surface area contributed by atoms with Crippen molar-refractivity contribution >= 4 is 72.0 Å². The van der Waals surface area contributed by atoms with E-state index in [9.17, 15) is 4.79 Å². The zero-order valence-electron chi connectivity index (χ0n) is 16.9. The molecule has 1 heterocycles. The molecule has 0 saturated carbocycles. The molecule has 0 atom stereocenters. The molecule has 4 rings (SSSR count). The maximum absolute atomic E-state index is 12.8. The number of fused-ring (bicyclic) bond motifs is 2. The van der Waals surface area contributed by atoms with Gasteiger partial charge in [-0.3, -0.25) is 0 Å². The number of hydrogen-bond acceptors (Lipinski definition) is 4. The molecule has 2 aromatic carbocycles. The molecule has 156 valence electrons. The second-order valence-electron chi connectivity index (χ2n) is 7.59. The number of thiophene rings is 1. The summed E-state index contributed by atoms with van der Waals surface area (Å²) in [6, 6.07) is 12.1. The molecule has 30 heavy (non-hydrogen) atoms. The zero-order chi connectivity index (χ0) is 21.3. The van der Waals surface area contributed by atoms with Crippen molar-refractivity contribution in [3.63, 3.8) is 0 Å². The summed E-state index contributed by atoms with van der Waals surface area (Å²) in [6.45, 7) is 3.74. The first-order chi connectivity index (χ1) is 14.4. The molecule has 0 amide bonds. The average Bonchev–Trinajstić information content (AvgIpc) is 3.07. The Morgan fingerprint density at radius 1 is 1.10 bits per heavy atom. The van der Waals surface area contributed by atoms with Gasteiger partial charge in [-0.05, 0) is 74.8 Å². The zero-order valence-corrected chi connectivity index (χ0v) is 20.1. The molecule has 0 bridgehead atoms. The van der Waals surface area contributed by atoms with E-state index in [0.29, 0.717) is 10.7 Å². The normalized spacial score (nSPS) is 13.2. The number of anilines is 2. The van der Waals surface area contributed by atoms with Gasteiger partial charge in [0.15, 0.2) is 5.11 Å². The highest BCUT2D eigenvalue weighted by Gasteiger charge is 2.27. The van der Waals surface area contributed by atoms with Crippen molar-refractivity contribution < 1.29 is 9.53 Å². The van der Waals surface area contributed by atoms with Crippen LogP contribution < -0.4 is 10.6 Å². The Hall–Kier alpha value is -1.96. The van der Waals surface area contributed by atoms with Crippen LogP contribution in [0.5, 0.6) is 0 Å². The van der Waals surface area contributed by atoms with E-state index in [1.807, 2.05) is 38.1 Å². The Morgan fingerprint density at radius 3 is 2.60 bits per heavy atom. The number of rotatable bonds is 4. The molecule has 3 aromatic rings. The fraction of sp³-hybridized carbons (Fsp3) is 0.304. The first-order valence-electron chi connectivity index (χ1n) is 10.0. The maximum Gasteiger partial charge on any atom is 0.341 e. The lowest BCUT2D eigenvalue weighted by molar-refractivity contribution is 0.0378. The van der Waals surface area contributed by atoms with Crippen LogP contribution in [0.4, 0.5) is 10.7 Å². The van der Waals surface area contributed by atoms with Gasteiger partial charge in [-0.15, -0.1) is 11.3 Å². The van der Waals surface area contributed by atoms with Crippen LogP contribution in [0.3, 0.4) is 0 Å². The number of esters is 1. The highest BCUT2D eigenvalue weighted by molar-refractivity contribution is 9.10. The van der Waals surface area contributed by atoms with Crippen molar-refractivity contribution in [3.05, 3.63) is 56.9 Å². The lowest BCUT2D eigenvalue weighted by atomic mass is 9.95. The van der Waals surface area contributed by atoms with E-state index in [0.717, 1.165) is 57.2 Å². The number of halogens is 1. The number of nitrogens with one attached hydrogen (secondary N) is 2. The third kappa shape index (κ3) is 4.38. The van der Waals surface area contributed by atoms with E-state index < -0.39 is 0 Å². The molecule has 0 spiro atoms. The van der Waals surface area contributed by atoms with Crippen LogP contribution in [0.15, 0.2) is 40.9 Å². The van der Waals surface area contributed by atoms with Crippen molar-refractivity contribution in [1.82, 2.24) is 0 Å². The number of benzene rings is 2. The van der Waals surface area contributed by atoms with Crippen molar-refractivity contribution in [3.8, 4) is 0 Å². The highest BCUT2D eigenvalue weighted by Crippen LogP contribution is 2.39. The summed E-state index contributed by atoms with van der Waals surface area (Å²) in [7, 11) is 0. The van der Waals surface area contributed by atoms with E-state index in [-0.39, 0.29) is 12.1 Å². The number of ether oxygens (including phenoxy) is 1. The van der Waals surface area contributed by atoms with Crippen LogP contribution in [0.2, 0.25) is 0 Å². The van der Waals surface area contributed by atoms with Gasteiger partial charge in [-0.2, -0.15) is 0 Å². The predicted molar refractivity (Wildman–Crippen MR) is 133 cm³/mol. The minimum absolute atomic E-state index is 0.163. The number of hydrogen-bond donors (Lipinski definition) is 2. The Kier molecular flexibility index (Phi) is 6.41. The van der Waals surface area contributed by atoms with Gasteiger partial charge in [0.05, 0.1) is 11.7 Å². The molecule has 0 radical (unpaired) electrons. The quantitative estimate of drug-likeness (QED) is 0.299. The monoisotopic (exact) mass is 502 g/mol. The van der Waals surface area contributed by atoms with E-state index >= 15 is 0 Å². The molecule has 1 aliphatic carbocycles.